The molecule has 0 N–H and O–H groups in total. The number of nitrogens with zero attached hydrogens (tertiary/aromatic N) is 1. The second-order valence-corrected chi connectivity index (χ2v) is 6.36. The Morgan fingerprint density at radius 3 is 2.11 bits per heavy atom. The van der Waals surface area contributed by atoms with E-state index >= 15 is 0 Å². The van der Waals surface area contributed by atoms with Gasteiger partial charge in [0.15, 0.2) is 0 Å². The summed E-state index contributed by atoms with van der Waals surface area (Å²) < 4.78 is 59.8. The summed E-state index contributed by atoms with van der Waals surface area (Å²) in [6, 6.07) is 3.09. The smallest absolute Gasteiger partial charge is 0.274 e. The maximum Gasteiger partial charge on any atom is 0.416 e. The zero-order valence-electron chi connectivity index (χ0n) is 9.19. The van der Waals surface area contributed by atoms with E-state index in [1.165, 1.54) is 0 Å². The molecule has 19 heavy (non-hydrogen) atoms. The molecular weight excluding hydrogens is 307 g/mol. The number of halogens is 4. The van der Waals surface area contributed by atoms with Gasteiger partial charge in [0.25, 0.3) is 0 Å². The van der Waals surface area contributed by atoms with E-state index < -0.39 is 32.9 Å². The fourth-order valence-corrected chi connectivity index (χ4v) is 3.16. The van der Waals surface area contributed by atoms with Crippen LogP contribution in [0.1, 0.15) is 23.6 Å². The summed E-state index contributed by atoms with van der Waals surface area (Å²) in [6.45, 7) is 0. The third-order valence-electron chi connectivity index (χ3n) is 2.75. The Hall–Kier alpha value is -1.28. The summed E-state index contributed by atoms with van der Waals surface area (Å²) in [5, 5.41) is 0. The number of amides is 1. The quantitative estimate of drug-likeness (QED) is 0.622. The van der Waals surface area contributed by atoms with Gasteiger partial charge in [-0.3, -0.25) is 4.79 Å². The van der Waals surface area contributed by atoms with Crippen molar-refractivity contribution in [1.82, 2.24) is 4.31 Å². The van der Waals surface area contributed by atoms with Gasteiger partial charge in [0.1, 0.15) is 0 Å². The molecule has 9 heteroatoms. The van der Waals surface area contributed by atoms with Crippen LogP contribution in [-0.2, 0) is 20.2 Å². The third kappa shape index (κ3) is 2.69. The van der Waals surface area contributed by atoms with E-state index in [0.717, 1.165) is 24.3 Å². The molecule has 0 spiro atoms. The summed E-state index contributed by atoms with van der Waals surface area (Å²) >= 11 is 0. The van der Waals surface area contributed by atoms with Crippen LogP contribution in [-0.4, -0.2) is 18.6 Å². The number of rotatable bonds is 2. The molecule has 0 bridgehead atoms. The maximum absolute atomic E-state index is 12.4. The molecule has 1 fully saturated rings. The lowest BCUT2D eigenvalue weighted by Gasteiger charge is -2.37. The molecule has 2 rings (SSSR count). The standard InChI is InChI=1S/C10H7ClF3NO3S/c11-19(17,18)15-8(5-9(15)16)6-1-3-7(4-2-6)10(12,13)14/h1-4,8H,5H2. The van der Waals surface area contributed by atoms with E-state index in [-0.39, 0.29) is 12.0 Å². The van der Waals surface area contributed by atoms with Gasteiger partial charge in [-0.25, -0.2) is 4.31 Å². The van der Waals surface area contributed by atoms with Crippen molar-refractivity contribution in [3.05, 3.63) is 35.4 Å². The van der Waals surface area contributed by atoms with E-state index in [4.69, 9.17) is 10.7 Å². The van der Waals surface area contributed by atoms with E-state index in [1.807, 2.05) is 0 Å². The van der Waals surface area contributed by atoms with E-state index in [0.29, 0.717) is 4.31 Å². The Kier molecular flexibility index (Phi) is 3.26. The predicted molar refractivity (Wildman–Crippen MR) is 60.4 cm³/mol. The number of β-lactam (4-membered cyclic amide) rings is 1. The van der Waals surface area contributed by atoms with Crippen molar-refractivity contribution >= 4 is 25.8 Å². The predicted octanol–water partition coefficient (Wildman–Crippen LogP) is 2.46. The molecule has 104 valence electrons. The summed E-state index contributed by atoms with van der Waals surface area (Å²) in [5.74, 6) is -0.681. The van der Waals surface area contributed by atoms with Gasteiger partial charge in [0.05, 0.1) is 18.0 Å². The highest BCUT2D eigenvalue weighted by molar-refractivity contribution is 8.12. The summed E-state index contributed by atoms with van der Waals surface area (Å²) in [5.41, 5.74) is -0.556. The van der Waals surface area contributed by atoms with Crippen molar-refractivity contribution in [2.75, 3.05) is 0 Å². The SMILES string of the molecule is O=C1CC(c2ccc(C(F)(F)F)cc2)N1S(=O)(=O)Cl. The van der Waals surface area contributed by atoms with Gasteiger partial charge in [0.2, 0.25) is 5.91 Å². The van der Waals surface area contributed by atoms with Crippen LogP contribution in [0.4, 0.5) is 13.2 Å². The van der Waals surface area contributed by atoms with Crippen LogP contribution < -0.4 is 0 Å². The zero-order chi connectivity index (χ0) is 14.4. The molecule has 1 saturated heterocycles. The molecule has 1 aliphatic rings. The Bertz CT molecular complexity index is 612. The number of benzene rings is 1. The first kappa shape index (κ1) is 14.1. The van der Waals surface area contributed by atoms with Crippen LogP contribution in [0.25, 0.3) is 0 Å². The number of hydrogen-bond donors (Lipinski definition) is 0. The summed E-state index contributed by atoms with van der Waals surface area (Å²) in [6.07, 6.45) is -4.57. The fraction of sp³-hybridized carbons (Fsp3) is 0.300. The molecule has 0 radical (unpaired) electrons. The molecule has 1 unspecified atom stereocenters. The van der Waals surface area contributed by atoms with Crippen LogP contribution >= 0.6 is 10.7 Å². The lowest BCUT2D eigenvalue weighted by atomic mass is 9.96. The van der Waals surface area contributed by atoms with E-state index in [1.54, 1.807) is 0 Å². The average Bonchev–Trinajstić information content (AvgIpc) is 2.22. The highest BCUT2D eigenvalue weighted by atomic mass is 35.7. The lowest BCUT2D eigenvalue weighted by molar-refractivity contribution is -0.139. The van der Waals surface area contributed by atoms with Crippen LogP contribution in [0.2, 0.25) is 0 Å². The first-order valence-corrected chi connectivity index (χ1v) is 7.31. The van der Waals surface area contributed by atoms with Gasteiger partial charge in [-0.05, 0) is 17.7 Å². The number of carbonyl (C=O) groups excluding carboxylic acids is 1. The first-order chi connectivity index (χ1) is 8.60. The topological polar surface area (TPSA) is 54.5 Å². The molecule has 1 heterocycles. The molecule has 1 aliphatic heterocycles. The summed E-state index contributed by atoms with van der Waals surface area (Å²) in [7, 11) is 0.858. The molecule has 1 amide bonds. The number of hydrogen-bond acceptors (Lipinski definition) is 3. The minimum absolute atomic E-state index is 0.0999. The Morgan fingerprint density at radius 1 is 1.21 bits per heavy atom. The van der Waals surface area contributed by atoms with Crippen molar-refractivity contribution < 1.29 is 26.4 Å². The molecule has 1 atom stereocenters. The van der Waals surface area contributed by atoms with Crippen LogP contribution in [0.3, 0.4) is 0 Å². The van der Waals surface area contributed by atoms with Gasteiger partial charge >= 0.3 is 15.4 Å². The lowest BCUT2D eigenvalue weighted by Crippen LogP contribution is -2.47. The molecular formula is C10H7ClF3NO3S. The van der Waals surface area contributed by atoms with Crippen molar-refractivity contribution in [3.8, 4) is 0 Å². The monoisotopic (exact) mass is 313 g/mol. The first-order valence-electron chi connectivity index (χ1n) is 5.04. The van der Waals surface area contributed by atoms with Crippen molar-refractivity contribution in [2.45, 2.75) is 18.6 Å². The Balaban J connectivity index is 2.27. The number of alkyl halides is 3. The van der Waals surface area contributed by atoms with Crippen LogP contribution in [0, 0.1) is 0 Å². The average molecular weight is 314 g/mol. The zero-order valence-corrected chi connectivity index (χ0v) is 10.8. The van der Waals surface area contributed by atoms with Crippen molar-refractivity contribution in [2.24, 2.45) is 0 Å². The molecule has 4 nitrogen and oxygen atoms in total. The molecule has 1 aromatic carbocycles. The van der Waals surface area contributed by atoms with Crippen LogP contribution in [0.5, 0.6) is 0 Å². The van der Waals surface area contributed by atoms with Gasteiger partial charge < -0.3 is 0 Å². The molecule has 0 aliphatic carbocycles. The van der Waals surface area contributed by atoms with E-state index in [9.17, 15) is 26.4 Å². The van der Waals surface area contributed by atoms with Crippen molar-refractivity contribution in [1.29, 1.82) is 0 Å². The largest absolute Gasteiger partial charge is 0.416 e. The Labute approximate surface area is 111 Å². The number of carbonyl (C=O) groups is 1. The Morgan fingerprint density at radius 2 is 1.74 bits per heavy atom. The highest BCUT2D eigenvalue weighted by Gasteiger charge is 2.44. The summed E-state index contributed by atoms with van der Waals surface area (Å²) in [4.78, 5) is 11.2. The van der Waals surface area contributed by atoms with Crippen LogP contribution in [0.15, 0.2) is 24.3 Å². The highest BCUT2D eigenvalue weighted by Crippen LogP contribution is 2.39. The molecule has 1 aromatic rings. The molecule has 0 aromatic heterocycles. The van der Waals surface area contributed by atoms with Gasteiger partial charge in [-0.2, -0.15) is 21.6 Å². The fourth-order valence-electron chi connectivity index (χ4n) is 1.82. The van der Waals surface area contributed by atoms with Gasteiger partial charge in [-0.1, -0.05) is 12.1 Å². The van der Waals surface area contributed by atoms with Gasteiger partial charge in [0, 0.05) is 10.7 Å². The normalized spacial score (nSPS) is 20.3. The van der Waals surface area contributed by atoms with Gasteiger partial charge in [-0.15, -0.1) is 0 Å². The second kappa shape index (κ2) is 4.38. The minimum Gasteiger partial charge on any atom is -0.274 e. The van der Waals surface area contributed by atoms with Crippen molar-refractivity contribution in [3.63, 3.8) is 0 Å². The molecule has 0 saturated carbocycles. The maximum atomic E-state index is 12.4. The van der Waals surface area contributed by atoms with E-state index in [2.05, 4.69) is 0 Å². The minimum atomic E-state index is -4.47. The third-order valence-corrected chi connectivity index (χ3v) is 4.13. The second-order valence-electron chi connectivity index (χ2n) is 3.97.